The van der Waals surface area contributed by atoms with E-state index in [1.165, 1.54) is 11.1 Å². The van der Waals surface area contributed by atoms with Gasteiger partial charge in [0.25, 0.3) is 5.91 Å². The molecule has 32 heavy (non-hydrogen) atoms. The van der Waals surface area contributed by atoms with Crippen LogP contribution in [0.5, 0.6) is 5.75 Å². The van der Waals surface area contributed by atoms with Crippen LogP contribution in [0.1, 0.15) is 67.3 Å². The molecule has 3 aliphatic rings. The molecule has 0 aromatic heterocycles. The van der Waals surface area contributed by atoms with Crippen molar-refractivity contribution in [2.75, 3.05) is 6.54 Å². The molecule has 5 nitrogen and oxygen atoms in total. The van der Waals surface area contributed by atoms with Crippen molar-refractivity contribution in [2.45, 2.75) is 70.6 Å². The maximum atomic E-state index is 13.2. The molecule has 0 saturated heterocycles. The minimum atomic E-state index is -0.501. The van der Waals surface area contributed by atoms with Gasteiger partial charge in [-0.3, -0.25) is 9.59 Å². The van der Waals surface area contributed by atoms with E-state index in [2.05, 4.69) is 53.5 Å². The Morgan fingerprint density at radius 2 is 1.84 bits per heavy atom. The highest BCUT2D eigenvalue weighted by atomic mass is 16.5. The maximum Gasteiger partial charge on any atom is 0.261 e. The third-order valence-corrected chi connectivity index (χ3v) is 6.81. The molecule has 0 radical (unpaired) electrons. The third-order valence-electron chi connectivity index (χ3n) is 6.81. The Balaban J connectivity index is 1.46. The molecule has 168 valence electrons. The summed E-state index contributed by atoms with van der Waals surface area (Å²) in [7, 11) is 0. The van der Waals surface area contributed by atoms with E-state index in [0.29, 0.717) is 18.2 Å². The van der Waals surface area contributed by atoms with E-state index in [9.17, 15) is 9.59 Å². The number of fused-ring (bicyclic) bond motifs is 1. The van der Waals surface area contributed by atoms with Gasteiger partial charge < -0.3 is 15.0 Å². The molecule has 5 heteroatoms. The van der Waals surface area contributed by atoms with E-state index < -0.39 is 6.10 Å². The Morgan fingerprint density at radius 1 is 1.09 bits per heavy atom. The average Bonchev–Trinajstić information content (AvgIpc) is 3.71. The van der Waals surface area contributed by atoms with Crippen LogP contribution in [0.15, 0.2) is 42.5 Å². The van der Waals surface area contributed by atoms with Gasteiger partial charge in [-0.1, -0.05) is 42.8 Å². The first kappa shape index (κ1) is 21.0. The van der Waals surface area contributed by atoms with Crippen molar-refractivity contribution in [3.8, 4) is 5.75 Å². The molecule has 2 saturated carbocycles. The molecule has 0 spiro atoms. The summed E-state index contributed by atoms with van der Waals surface area (Å²) in [6, 6.07) is 14.8. The molecule has 2 aromatic carbocycles. The van der Waals surface area contributed by atoms with Crippen molar-refractivity contribution < 1.29 is 14.3 Å². The maximum absolute atomic E-state index is 13.2. The highest BCUT2D eigenvalue weighted by molar-refractivity contribution is 5.83. The molecule has 5 rings (SSSR count). The predicted molar refractivity (Wildman–Crippen MR) is 123 cm³/mol. The van der Waals surface area contributed by atoms with Crippen LogP contribution >= 0.6 is 0 Å². The second-order valence-electron chi connectivity index (χ2n) is 9.53. The van der Waals surface area contributed by atoms with Gasteiger partial charge in [0, 0.05) is 18.5 Å². The van der Waals surface area contributed by atoms with Crippen molar-refractivity contribution in [2.24, 2.45) is 5.92 Å². The van der Waals surface area contributed by atoms with Gasteiger partial charge in [-0.15, -0.1) is 0 Å². The SMILES string of the molecule is CC[C@H](Oc1ccc2c(c1)[C@@H](c1ccc(C)cc1)N(C(=O)C1CC1)CC2)C(=O)NC1CC1. The Morgan fingerprint density at radius 3 is 2.50 bits per heavy atom. The topological polar surface area (TPSA) is 58.6 Å². The molecule has 0 unspecified atom stereocenters. The molecular formula is C27H32N2O3. The molecule has 1 heterocycles. The van der Waals surface area contributed by atoms with Gasteiger partial charge in [0.05, 0.1) is 6.04 Å². The first-order valence-electron chi connectivity index (χ1n) is 12.0. The summed E-state index contributed by atoms with van der Waals surface area (Å²) in [5.41, 5.74) is 4.69. The second-order valence-corrected chi connectivity index (χ2v) is 9.53. The van der Waals surface area contributed by atoms with E-state index in [4.69, 9.17) is 4.74 Å². The second kappa shape index (κ2) is 8.61. The molecule has 2 aromatic rings. The average molecular weight is 433 g/mol. The fraction of sp³-hybridized carbons (Fsp3) is 0.481. The third kappa shape index (κ3) is 4.38. The van der Waals surface area contributed by atoms with Gasteiger partial charge in [-0.05, 0) is 74.3 Å². The zero-order valence-electron chi connectivity index (χ0n) is 19.0. The number of nitrogens with zero attached hydrogens (tertiary/aromatic N) is 1. The number of carbonyl (C=O) groups is 2. The van der Waals surface area contributed by atoms with Gasteiger partial charge in [-0.2, -0.15) is 0 Å². The number of aryl methyl sites for hydroxylation is 1. The standard InChI is InChI=1S/C27H32N2O3/c1-3-24(26(30)28-21-11-12-21)32-22-13-10-18-14-15-29(27(31)20-8-9-20)25(23(18)16-22)19-6-4-17(2)5-7-19/h4-7,10,13,16,20-21,24-25H,3,8-9,11-12,14-15H2,1-2H3,(H,28,30)/t24-,25+/m0/s1. The Bertz CT molecular complexity index is 1010. The van der Waals surface area contributed by atoms with Crippen molar-refractivity contribution in [3.05, 3.63) is 64.7 Å². The summed E-state index contributed by atoms with van der Waals surface area (Å²) < 4.78 is 6.16. The lowest BCUT2D eigenvalue weighted by Crippen LogP contribution is -2.41. The number of benzene rings is 2. The zero-order chi connectivity index (χ0) is 22.2. The van der Waals surface area contributed by atoms with Gasteiger partial charge >= 0.3 is 0 Å². The molecule has 2 fully saturated rings. The number of amides is 2. The number of rotatable bonds is 7. The Labute approximate surface area is 190 Å². The summed E-state index contributed by atoms with van der Waals surface area (Å²) in [6.45, 7) is 4.79. The first-order chi connectivity index (χ1) is 15.5. The lowest BCUT2D eigenvalue weighted by Gasteiger charge is -2.38. The molecular weight excluding hydrogens is 400 g/mol. The number of nitrogens with one attached hydrogen (secondary N) is 1. The number of carbonyl (C=O) groups excluding carboxylic acids is 2. The quantitative estimate of drug-likeness (QED) is 0.709. The monoisotopic (exact) mass is 432 g/mol. The van der Waals surface area contributed by atoms with Crippen LogP contribution in [-0.2, 0) is 16.0 Å². The molecule has 2 aliphatic carbocycles. The van der Waals surface area contributed by atoms with Gasteiger partial charge in [-0.25, -0.2) is 0 Å². The fourth-order valence-corrected chi connectivity index (χ4v) is 4.59. The highest BCUT2D eigenvalue weighted by Crippen LogP contribution is 2.41. The van der Waals surface area contributed by atoms with E-state index in [0.717, 1.165) is 49.8 Å². The highest BCUT2D eigenvalue weighted by Gasteiger charge is 2.39. The normalized spacial score (nSPS) is 20.9. The largest absolute Gasteiger partial charge is 0.481 e. The van der Waals surface area contributed by atoms with Crippen LogP contribution in [0.3, 0.4) is 0 Å². The zero-order valence-corrected chi connectivity index (χ0v) is 19.0. The summed E-state index contributed by atoms with van der Waals surface area (Å²) in [5.74, 6) is 1.11. The van der Waals surface area contributed by atoms with Crippen LogP contribution in [0, 0.1) is 12.8 Å². The van der Waals surface area contributed by atoms with E-state index in [1.54, 1.807) is 0 Å². The molecule has 2 atom stereocenters. The number of hydrogen-bond acceptors (Lipinski definition) is 3. The van der Waals surface area contributed by atoms with Crippen LogP contribution in [0.2, 0.25) is 0 Å². The summed E-state index contributed by atoms with van der Waals surface area (Å²) in [5, 5.41) is 3.05. The summed E-state index contributed by atoms with van der Waals surface area (Å²) in [4.78, 5) is 27.8. The van der Waals surface area contributed by atoms with E-state index in [-0.39, 0.29) is 23.8 Å². The van der Waals surface area contributed by atoms with E-state index in [1.807, 2.05) is 13.0 Å². The lowest BCUT2D eigenvalue weighted by atomic mass is 9.87. The van der Waals surface area contributed by atoms with Crippen LogP contribution in [0.25, 0.3) is 0 Å². The summed E-state index contributed by atoms with van der Waals surface area (Å²) in [6.07, 6.45) is 5.08. The minimum absolute atomic E-state index is 0.0339. The Kier molecular flexibility index (Phi) is 5.66. The molecule has 0 bridgehead atoms. The van der Waals surface area contributed by atoms with Crippen molar-refractivity contribution in [3.63, 3.8) is 0 Å². The predicted octanol–water partition coefficient (Wildman–Crippen LogP) is 4.32. The molecule has 1 N–H and O–H groups in total. The van der Waals surface area contributed by atoms with Crippen molar-refractivity contribution in [1.82, 2.24) is 10.2 Å². The minimum Gasteiger partial charge on any atom is -0.481 e. The summed E-state index contributed by atoms with van der Waals surface area (Å²) >= 11 is 0. The van der Waals surface area contributed by atoms with Crippen LogP contribution in [-0.4, -0.2) is 35.4 Å². The van der Waals surface area contributed by atoms with Gasteiger partial charge in [0.2, 0.25) is 5.91 Å². The molecule has 1 aliphatic heterocycles. The van der Waals surface area contributed by atoms with Crippen LogP contribution < -0.4 is 10.1 Å². The Hall–Kier alpha value is -2.82. The van der Waals surface area contributed by atoms with Crippen molar-refractivity contribution >= 4 is 11.8 Å². The lowest BCUT2D eigenvalue weighted by molar-refractivity contribution is -0.134. The van der Waals surface area contributed by atoms with Gasteiger partial charge in [0.1, 0.15) is 5.75 Å². The molecule has 2 amide bonds. The first-order valence-corrected chi connectivity index (χ1v) is 12.0. The van der Waals surface area contributed by atoms with E-state index >= 15 is 0 Å². The van der Waals surface area contributed by atoms with Gasteiger partial charge in [0.15, 0.2) is 6.10 Å². The smallest absolute Gasteiger partial charge is 0.261 e. The van der Waals surface area contributed by atoms with Crippen LogP contribution in [0.4, 0.5) is 0 Å². The van der Waals surface area contributed by atoms with Crippen molar-refractivity contribution in [1.29, 1.82) is 0 Å². The number of ether oxygens (including phenoxy) is 1. The fourth-order valence-electron chi connectivity index (χ4n) is 4.59. The number of hydrogen-bond donors (Lipinski definition) is 1.